The van der Waals surface area contributed by atoms with E-state index in [1.807, 2.05) is 48.5 Å². The van der Waals surface area contributed by atoms with E-state index in [2.05, 4.69) is 138 Å². The Balaban J connectivity index is 1.06. The van der Waals surface area contributed by atoms with Gasteiger partial charge in [0.1, 0.15) is 11.2 Å². The van der Waals surface area contributed by atoms with E-state index in [1.54, 1.807) is 0 Å². The van der Waals surface area contributed by atoms with Gasteiger partial charge < -0.3 is 9.32 Å². The first-order valence-corrected chi connectivity index (χ1v) is 18.8. The predicted molar refractivity (Wildman–Crippen MR) is 237 cm³/mol. The molecule has 2 heteroatoms. The fourth-order valence-corrected chi connectivity index (χ4v) is 8.23. The fourth-order valence-electron chi connectivity index (χ4n) is 8.23. The summed E-state index contributed by atoms with van der Waals surface area (Å²) in [5.74, 6) is 0. The smallest absolute Gasteiger partial charge is 0.137 e. The Hall–Kier alpha value is -7.42. The molecule has 262 valence electrons. The second-order valence-corrected chi connectivity index (χ2v) is 14.1. The first-order valence-electron chi connectivity index (χ1n) is 21.3. The number of hydrogen-bond acceptors (Lipinski definition) is 2. The minimum atomic E-state index is -0.403. The molecule has 1 aromatic heterocycles. The van der Waals surface area contributed by atoms with Crippen LogP contribution in [0.2, 0.25) is 0 Å². The molecule has 0 amide bonds. The minimum absolute atomic E-state index is 0.194. The largest absolute Gasteiger partial charge is 0.456 e. The molecule has 0 fully saturated rings. The minimum Gasteiger partial charge on any atom is -0.456 e. The monoisotopic (exact) mass is 718 g/mol. The zero-order valence-corrected chi connectivity index (χ0v) is 30.2. The molecular formula is C54H35NO. The van der Waals surface area contributed by atoms with Crippen molar-refractivity contribution < 1.29 is 11.3 Å². The van der Waals surface area contributed by atoms with Gasteiger partial charge in [0.2, 0.25) is 0 Å². The predicted octanol–water partition coefficient (Wildman–Crippen LogP) is 15.5. The third kappa shape index (κ3) is 5.42. The van der Waals surface area contributed by atoms with E-state index in [4.69, 9.17) is 11.3 Å². The van der Waals surface area contributed by atoms with Crippen LogP contribution in [-0.4, -0.2) is 0 Å². The molecule has 0 aliphatic rings. The van der Waals surface area contributed by atoms with Gasteiger partial charge in [-0.05, 0) is 109 Å². The number of anilines is 3. The van der Waals surface area contributed by atoms with Gasteiger partial charge in [0, 0.05) is 33.6 Å². The van der Waals surface area contributed by atoms with Crippen LogP contribution in [0.5, 0.6) is 0 Å². The SMILES string of the molecule is [2H]c1c([2H])c([2H])c(-c2cccc3ccc(-c4ccc(N(c5ccc6c(c5)oc5ccccc56)c5ccc(-c6ccc7ccccc7c6)c6ccccc56)cc4)cc23)c([2H])c1[2H]. The topological polar surface area (TPSA) is 16.4 Å². The molecule has 2 nitrogen and oxygen atoms in total. The summed E-state index contributed by atoms with van der Waals surface area (Å²) in [6, 6.07) is 61.5. The van der Waals surface area contributed by atoms with E-state index < -0.39 is 6.04 Å². The van der Waals surface area contributed by atoms with Crippen molar-refractivity contribution in [2.45, 2.75) is 0 Å². The maximum absolute atomic E-state index is 8.70. The second kappa shape index (κ2) is 13.2. The van der Waals surface area contributed by atoms with Crippen molar-refractivity contribution in [1.29, 1.82) is 0 Å². The molecule has 0 aliphatic heterocycles. The number of hydrogen-bond donors (Lipinski definition) is 0. The molecule has 11 aromatic rings. The van der Waals surface area contributed by atoms with Gasteiger partial charge >= 0.3 is 0 Å². The van der Waals surface area contributed by atoms with Gasteiger partial charge in [-0.15, -0.1) is 0 Å². The van der Waals surface area contributed by atoms with E-state index in [0.717, 1.165) is 82.8 Å². The zero-order valence-electron chi connectivity index (χ0n) is 35.2. The van der Waals surface area contributed by atoms with Crippen LogP contribution in [-0.2, 0) is 0 Å². The highest BCUT2D eigenvalue weighted by Gasteiger charge is 2.19. The number of benzene rings is 10. The summed E-state index contributed by atoms with van der Waals surface area (Å²) in [4.78, 5) is 2.29. The highest BCUT2D eigenvalue weighted by Crippen LogP contribution is 2.44. The van der Waals surface area contributed by atoms with Crippen LogP contribution in [0.3, 0.4) is 0 Å². The lowest BCUT2D eigenvalue weighted by molar-refractivity contribution is 0.669. The van der Waals surface area contributed by atoms with Crippen LogP contribution < -0.4 is 4.90 Å². The maximum atomic E-state index is 8.70. The van der Waals surface area contributed by atoms with Gasteiger partial charge in [0.15, 0.2) is 0 Å². The lowest BCUT2D eigenvalue weighted by Crippen LogP contribution is -2.10. The summed E-state index contributed by atoms with van der Waals surface area (Å²) >= 11 is 0. The Morgan fingerprint density at radius 1 is 0.357 bits per heavy atom. The molecular weight excluding hydrogens is 679 g/mol. The Labute approximate surface area is 332 Å². The fraction of sp³-hybridized carbons (Fsp3) is 0. The highest BCUT2D eigenvalue weighted by molar-refractivity contribution is 6.09. The third-order valence-corrected chi connectivity index (χ3v) is 10.9. The molecule has 0 N–H and O–H groups in total. The van der Waals surface area contributed by atoms with Crippen LogP contribution >= 0.6 is 0 Å². The van der Waals surface area contributed by atoms with E-state index in [1.165, 1.54) is 10.8 Å². The maximum Gasteiger partial charge on any atom is 0.137 e. The van der Waals surface area contributed by atoms with Crippen molar-refractivity contribution in [3.8, 4) is 33.4 Å². The zero-order chi connectivity index (χ0) is 41.4. The van der Waals surface area contributed by atoms with Gasteiger partial charge in [-0.1, -0.05) is 158 Å². The molecule has 0 bridgehead atoms. The lowest BCUT2D eigenvalue weighted by atomic mass is 9.94. The molecule has 10 aromatic carbocycles. The summed E-state index contributed by atoms with van der Waals surface area (Å²) in [6.07, 6.45) is 0. The van der Waals surface area contributed by atoms with E-state index in [0.29, 0.717) is 5.56 Å². The highest BCUT2D eigenvalue weighted by atomic mass is 16.3. The molecule has 1 heterocycles. The molecule has 0 unspecified atom stereocenters. The quantitative estimate of drug-likeness (QED) is 0.170. The average Bonchev–Trinajstić information content (AvgIpc) is 3.68. The molecule has 0 aliphatic carbocycles. The summed E-state index contributed by atoms with van der Waals surface area (Å²) in [7, 11) is 0. The molecule has 0 saturated carbocycles. The molecule has 0 spiro atoms. The first kappa shape index (κ1) is 27.2. The van der Waals surface area contributed by atoms with Crippen molar-refractivity contribution >= 4 is 71.3 Å². The van der Waals surface area contributed by atoms with Gasteiger partial charge in [-0.2, -0.15) is 0 Å². The molecule has 11 rings (SSSR count). The van der Waals surface area contributed by atoms with Gasteiger partial charge in [-0.25, -0.2) is 0 Å². The lowest BCUT2D eigenvalue weighted by Gasteiger charge is -2.27. The van der Waals surface area contributed by atoms with Crippen LogP contribution in [0.15, 0.2) is 217 Å². The number of para-hydroxylation sites is 1. The molecule has 0 radical (unpaired) electrons. The number of nitrogens with zero attached hydrogens (tertiary/aromatic N) is 1. The van der Waals surface area contributed by atoms with Gasteiger partial charge in [0.05, 0.1) is 12.5 Å². The molecule has 56 heavy (non-hydrogen) atoms. The summed E-state index contributed by atoms with van der Waals surface area (Å²) in [5, 5.41) is 8.52. The first-order chi connectivity index (χ1) is 29.8. The van der Waals surface area contributed by atoms with Crippen molar-refractivity contribution in [2.75, 3.05) is 4.90 Å². The number of furan rings is 1. The van der Waals surface area contributed by atoms with Crippen molar-refractivity contribution in [2.24, 2.45) is 0 Å². The van der Waals surface area contributed by atoms with Crippen molar-refractivity contribution in [1.82, 2.24) is 0 Å². The summed E-state index contributed by atoms with van der Waals surface area (Å²) in [5.41, 5.74) is 9.63. The van der Waals surface area contributed by atoms with Crippen LogP contribution in [0.1, 0.15) is 6.85 Å². The van der Waals surface area contributed by atoms with Crippen LogP contribution in [0.4, 0.5) is 17.1 Å². The van der Waals surface area contributed by atoms with E-state index in [9.17, 15) is 0 Å². The molecule has 0 saturated heterocycles. The van der Waals surface area contributed by atoms with E-state index >= 15 is 0 Å². The third-order valence-electron chi connectivity index (χ3n) is 10.9. The van der Waals surface area contributed by atoms with Crippen molar-refractivity contribution in [3.05, 3.63) is 212 Å². The second-order valence-electron chi connectivity index (χ2n) is 14.1. The van der Waals surface area contributed by atoms with Crippen LogP contribution in [0.25, 0.3) is 87.6 Å². The van der Waals surface area contributed by atoms with Crippen molar-refractivity contribution in [3.63, 3.8) is 0 Å². The Morgan fingerprint density at radius 3 is 1.89 bits per heavy atom. The number of rotatable bonds is 6. The Kier molecular flexibility index (Phi) is 6.39. The van der Waals surface area contributed by atoms with Crippen LogP contribution in [0, 0.1) is 0 Å². The van der Waals surface area contributed by atoms with E-state index in [-0.39, 0.29) is 29.7 Å². The van der Waals surface area contributed by atoms with Gasteiger partial charge in [0.25, 0.3) is 0 Å². The van der Waals surface area contributed by atoms with Gasteiger partial charge in [-0.3, -0.25) is 0 Å². The molecule has 0 atom stereocenters. The normalized spacial score (nSPS) is 12.8. The Morgan fingerprint density at radius 2 is 1.02 bits per heavy atom. The average molecular weight is 719 g/mol. The Bertz CT molecular complexity index is 3530. The number of fused-ring (bicyclic) bond motifs is 6. The summed E-state index contributed by atoms with van der Waals surface area (Å²) in [6.45, 7) is 0. The summed E-state index contributed by atoms with van der Waals surface area (Å²) < 4.78 is 48.6. The standard InChI is InChI=1S/C54H35NO/c1-2-12-38(13-3-1)45-19-10-15-39-22-23-41(34-51(39)45)37-25-27-43(28-26-37)55(44-29-30-50-49-18-8-9-20-53(49)56-54(50)35-44)52-32-31-46(47-16-6-7-17-48(47)52)42-24-21-36-11-4-5-14-40(36)33-42/h1-35H/i1D,2D,3D,12D,13D.